The fraction of sp³-hybridized carbons (Fsp3) is 0.200. The third-order valence-electron chi connectivity index (χ3n) is 6.21. The number of ketones is 1. The van der Waals surface area contributed by atoms with E-state index in [0.717, 1.165) is 18.7 Å². The van der Waals surface area contributed by atoms with Crippen molar-refractivity contribution in [3.8, 4) is 11.1 Å². The van der Waals surface area contributed by atoms with Gasteiger partial charge in [0.05, 0.1) is 17.1 Å². The van der Waals surface area contributed by atoms with Crippen molar-refractivity contribution in [2.45, 2.75) is 0 Å². The van der Waals surface area contributed by atoms with E-state index in [1.807, 2.05) is 30.1 Å². The predicted octanol–water partition coefficient (Wildman–Crippen LogP) is 3.62. The molecule has 162 valence electrons. The number of hydrogen-bond acceptors (Lipinski definition) is 5. The van der Waals surface area contributed by atoms with Gasteiger partial charge in [-0.05, 0) is 24.7 Å². The molecule has 1 aliphatic carbocycles. The number of anilines is 3. The van der Waals surface area contributed by atoms with Gasteiger partial charge in [-0.1, -0.05) is 36.4 Å². The van der Waals surface area contributed by atoms with E-state index < -0.39 is 11.7 Å². The second kappa shape index (κ2) is 7.76. The highest BCUT2D eigenvalue weighted by Crippen LogP contribution is 2.39. The number of carbonyl (C=O) groups is 2. The van der Waals surface area contributed by atoms with Crippen molar-refractivity contribution in [3.63, 3.8) is 0 Å². The van der Waals surface area contributed by atoms with E-state index in [1.165, 1.54) is 6.07 Å². The van der Waals surface area contributed by atoms with Gasteiger partial charge in [0, 0.05) is 54.5 Å². The summed E-state index contributed by atoms with van der Waals surface area (Å²) in [5, 5.41) is 2.84. The summed E-state index contributed by atoms with van der Waals surface area (Å²) in [5.41, 5.74) is 9.78. The van der Waals surface area contributed by atoms with Crippen LogP contribution in [0.15, 0.2) is 54.6 Å². The molecular formula is C25H23FN4O2. The van der Waals surface area contributed by atoms with Crippen LogP contribution in [0.4, 0.5) is 21.5 Å². The Labute approximate surface area is 185 Å². The lowest BCUT2D eigenvalue weighted by Crippen LogP contribution is -2.44. The maximum Gasteiger partial charge on any atom is 0.256 e. The average molecular weight is 430 g/mol. The molecule has 0 saturated carbocycles. The van der Waals surface area contributed by atoms with Crippen LogP contribution in [0.1, 0.15) is 26.3 Å². The number of halogens is 1. The summed E-state index contributed by atoms with van der Waals surface area (Å²) in [6, 6.07) is 15.2. The zero-order valence-electron chi connectivity index (χ0n) is 17.7. The molecule has 1 heterocycles. The Morgan fingerprint density at radius 2 is 1.66 bits per heavy atom. The van der Waals surface area contributed by atoms with Gasteiger partial charge in [0.2, 0.25) is 0 Å². The number of amides is 1. The van der Waals surface area contributed by atoms with E-state index in [-0.39, 0.29) is 11.5 Å². The molecule has 0 spiro atoms. The fourth-order valence-electron chi connectivity index (χ4n) is 4.43. The molecule has 3 aromatic carbocycles. The average Bonchev–Trinajstić information content (AvgIpc) is 3.09. The fourth-order valence-corrected chi connectivity index (χ4v) is 4.43. The van der Waals surface area contributed by atoms with Crippen molar-refractivity contribution in [3.05, 3.63) is 77.1 Å². The summed E-state index contributed by atoms with van der Waals surface area (Å²) in [4.78, 5) is 30.2. The van der Waals surface area contributed by atoms with Gasteiger partial charge in [0.25, 0.3) is 5.91 Å². The molecule has 6 nitrogen and oxygen atoms in total. The SMILES string of the molecule is CN1CCN(c2cc(NC(=O)c3cccc4c3-c3ccccc3C4=O)c(N)cc2F)CC1. The highest BCUT2D eigenvalue weighted by molar-refractivity contribution is 6.25. The number of fused-ring (bicyclic) bond motifs is 3. The molecule has 3 N–H and O–H groups in total. The molecule has 32 heavy (non-hydrogen) atoms. The first kappa shape index (κ1) is 20.2. The lowest BCUT2D eigenvalue weighted by atomic mass is 9.99. The summed E-state index contributed by atoms with van der Waals surface area (Å²) >= 11 is 0. The van der Waals surface area contributed by atoms with E-state index in [1.54, 1.807) is 30.3 Å². The molecule has 1 aliphatic heterocycles. The number of benzene rings is 3. The van der Waals surface area contributed by atoms with Gasteiger partial charge in [-0.15, -0.1) is 0 Å². The Bertz CT molecular complexity index is 1250. The normalized spacial score (nSPS) is 15.4. The molecule has 0 unspecified atom stereocenters. The van der Waals surface area contributed by atoms with Crippen LogP contribution in [0.5, 0.6) is 0 Å². The lowest BCUT2D eigenvalue weighted by molar-refractivity contribution is 0.102. The monoisotopic (exact) mass is 430 g/mol. The van der Waals surface area contributed by atoms with Crippen molar-refractivity contribution in [1.29, 1.82) is 0 Å². The standard InChI is InChI=1S/C25H23FN4O2/c1-29-9-11-30(12-10-29)22-14-21(20(27)13-19(22)26)28-25(32)18-8-4-7-17-23(18)15-5-2-3-6-16(15)24(17)31/h2-8,13-14H,9-12,27H2,1H3,(H,28,32). The Morgan fingerprint density at radius 1 is 0.969 bits per heavy atom. The van der Waals surface area contributed by atoms with E-state index in [9.17, 15) is 14.0 Å². The summed E-state index contributed by atoms with van der Waals surface area (Å²) in [6.45, 7) is 3.04. The van der Waals surface area contributed by atoms with Crippen LogP contribution in [0, 0.1) is 5.82 Å². The van der Waals surface area contributed by atoms with E-state index in [2.05, 4.69) is 10.2 Å². The molecule has 1 amide bonds. The topological polar surface area (TPSA) is 78.7 Å². The minimum absolute atomic E-state index is 0.0936. The molecular weight excluding hydrogens is 407 g/mol. The third kappa shape index (κ3) is 3.31. The van der Waals surface area contributed by atoms with Gasteiger partial charge in [0.15, 0.2) is 5.78 Å². The molecule has 5 rings (SSSR count). The van der Waals surface area contributed by atoms with Crippen LogP contribution < -0.4 is 16.0 Å². The minimum Gasteiger partial charge on any atom is -0.397 e. The van der Waals surface area contributed by atoms with E-state index in [4.69, 9.17) is 5.73 Å². The number of carbonyl (C=O) groups excluding carboxylic acids is 2. The molecule has 2 aliphatic rings. The summed E-state index contributed by atoms with van der Waals surface area (Å²) in [5.74, 6) is -0.900. The van der Waals surface area contributed by atoms with E-state index >= 15 is 0 Å². The quantitative estimate of drug-likeness (QED) is 0.486. The number of nitrogens with two attached hydrogens (primary N) is 1. The highest BCUT2D eigenvalue weighted by atomic mass is 19.1. The van der Waals surface area contributed by atoms with Crippen LogP contribution in [0.3, 0.4) is 0 Å². The van der Waals surface area contributed by atoms with Gasteiger partial charge >= 0.3 is 0 Å². The van der Waals surface area contributed by atoms with Crippen LogP contribution in [-0.4, -0.2) is 49.8 Å². The van der Waals surface area contributed by atoms with Crippen molar-refractivity contribution < 1.29 is 14.0 Å². The first-order chi connectivity index (χ1) is 15.4. The predicted molar refractivity (Wildman–Crippen MR) is 124 cm³/mol. The maximum absolute atomic E-state index is 14.7. The Kier molecular flexibility index (Phi) is 4.90. The van der Waals surface area contributed by atoms with Gasteiger partial charge < -0.3 is 20.9 Å². The Hall–Kier alpha value is -3.71. The van der Waals surface area contributed by atoms with Gasteiger partial charge in [-0.25, -0.2) is 4.39 Å². The number of nitrogens with one attached hydrogen (secondary N) is 1. The van der Waals surface area contributed by atoms with Crippen LogP contribution >= 0.6 is 0 Å². The Balaban J connectivity index is 1.49. The minimum atomic E-state index is -0.412. The molecule has 7 heteroatoms. The number of likely N-dealkylation sites (N-methyl/N-ethyl adjacent to an activating group) is 1. The van der Waals surface area contributed by atoms with Crippen molar-refractivity contribution in [1.82, 2.24) is 4.90 Å². The second-order valence-electron chi connectivity index (χ2n) is 8.24. The summed E-state index contributed by atoms with van der Waals surface area (Å²) < 4.78 is 14.7. The first-order valence-electron chi connectivity index (χ1n) is 10.5. The van der Waals surface area contributed by atoms with Gasteiger partial charge in [-0.2, -0.15) is 0 Å². The van der Waals surface area contributed by atoms with Crippen LogP contribution in [0.25, 0.3) is 11.1 Å². The molecule has 0 radical (unpaired) electrons. The van der Waals surface area contributed by atoms with Crippen LogP contribution in [0.2, 0.25) is 0 Å². The van der Waals surface area contributed by atoms with E-state index in [0.29, 0.717) is 46.7 Å². The maximum atomic E-state index is 14.7. The highest BCUT2D eigenvalue weighted by Gasteiger charge is 2.30. The largest absolute Gasteiger partial charge is 0.397 e. The number of nitrogens with zero attached hydrogens (tertiary/aromatic N) is 2. The molecule has 1 saturated heterocycles. The summed E-state index contributed by atoms with van der Waals surface area (Å²) in [6.07, 6.45) is 0. The number of piperazine rings is 1. The summed E-state index contributed by atoms with van der Waals surface area (Å²) in [7, 11) is 2.03. The number of hydrogen-bond donors (Lipinski definition) is 2. The van der Waals surface area contributed by atoms with Crippen molar-refractivity contribution in [2.75, 3.05) is 49.2 Å². The smallest absolute Gasteiger partial charge is 0.256 e. The molecule has 0 bridgehead atoms. The zero-order chi connectivity index (χ0) is 22.4. The van der Waals surface area contributed by atoms with Gasteiger partial charge in [-0.3, -0.25) is 9.59 Å². The second-order valence-corrected chi connectivity index (χ2v) is 8.24. The Morgan fingerprint density at radius 3 is 2.41 bits per heavy atom. The number of nitrogen functional groups attached to an aromatic ring is 1. The molecule has 0 aromatic heterocycles. The third-order valence-corrected chi connectivity index (χ3v) is 6.21. The molecule has 3 aromatic rings. The van der Waals surface area contributed by atoms with Crippen LogP contribution in [-0.2, 0) is 0 Å². The zero-order valence-corrected chi connectivity index (χ0v) is 17.7. The van der Waals surface area contributed by atoms with Crippen molar-refractivity contribution in [2.24, 2.45) is 0 Å². The van der Waals surface area contributed by atoms with Gasteiger partial charge in [0.1, 0.15) is 5.82 Å². The molecule has 0 atom stereocenters. The molecule has 1 fully saturated rings. The van der Waals surface area contributed by atoms with Crippen molar-refractivity contribution >= 4 is 28.8 Å². The lowest BCUT2D eigenvalue weighted by Gasteiger charge is -2.34. The first-order valence-corrected chi connectivity index (χ1v) is 10.5. The number of rotatable bonds is 3.